The number of amides is 1. The molecule has 1 aromatic heterocycles. The highest BCUT2D eigenvalue weighted by Crippen LogP contribution is 2.32. The molecule has 0 spiro atoms. The van der Waals surface area contributed by atoms with Gasteiger partial charge >= 0.3 is 0 Å². The quantitative estimate of drug-likeness (QED) is 0.933. The molecule has 0 aliphatic carbocycles. The normalized spacial score (nSPS) is 27.1. The van der Waals surface area contributed by atoms with E-state index in [1.54, 1.807) is 0 Å². The van der Waals surface area contributed by atoms with Crippen molar-refractivity contribution in [3.63, 3.8) is 0 Å². The Balaban J connectivity index is 1.66. The number of ether oxygens (including phenoxy) is 1. The molecule has 4 rings (SSSR count). The number of hydrogen-bond donors (Lipinski definition) is 1. The summed E-state index contributed by atoms with van der Waals surface area (Å²) in [6, 6.07) is 8.16. The fourth-order valence-electron chi connectivity index (χ4n) is 4.44. The fraction of sp³-hybridized carbons (Fsp3) is 0.550. The number of benzene rings is 1. The summed E-state index contributed by atoms with van der Waals surface area (Å²) in [5.74, 6) is 0.114. The highest BCUT2D eigenvalue weighted by Gasteiger charge is 2.40. The molecule has 1 amide bonds. The van der Waals surface area contributed by atoms with Gasteiger partial charge in [0.25, 0.3) is 5.91 Å². The van der Waals surface area contributed by atoms with Crippen LogP contribution in [-0.4, -0.2) is 52.4 Å². The predicted octanol–water partition coefficient (Wildman–Crippen LogP) is 2.66. The maximum Gasteiger partial charge on any atom is 0.256 e. The van der Waals surface area contributed by atoms with Crippen LogP contribution in [0, 0.1) is 5.92 Å². The van der Waals surface area contributed by atoms with Crippen LogP contribution in [0.1, 0.15) is 36.5 Å². The highest BCUT2D eigenvalue weighted by atomic mass is 16.5. The van der Waals surface area contributed by atoms with Crippen LogP contribution < -0.4 is 0 Å². The zero-order valence-corrected chi connectivity index (χ0v) is 14.7. The van der Waals surface area contributed by atoms with E-state index < -0.39 is 0 Å². The second-order valence-electron chi connectivity index (χ2n) is 7.15. The van der Waals surface area contributed by atoms with E-state index in [1.165, 1.54) is 0 Å². The molecule has 25 heavy (non-hydrogen) atoms. The molecule has 2 aromatic rings. The topological polar surface area (TPSA) is 54.7 Å². The SMILES string of the molecule is CCn1cc(C(=O)N2CCC[C@@H]2[C@@H]2COCC[C@H]2O)c2ccccc21. The molecular weight excluding hydrogens is 316 g/mol. The summed E-state index contributed by atoms with van der Waals surface area (Å²) in [6.07, 6.45) is 4.22. The lowest BCUT2D eigenvalue weighted by atomic mass is 9.89. The Hall–Kier alpha value is -1.85. The second-order valence-corrected chi connectivity index (χ2v) is 7.15. The van der Waals surface area contributed by atoms with E-state index in [0.717, 1.165) is 42.4 Å². The third-order valence-electron chi connectivity index (χ3n) is 5.78. The van der Waals surface area contributed by atoms with Crippen molar-refractivity contribution < 1.29 is 14.6 Å². The molecule has 0 bridgehead atoms. The summed E-state index contributed by atoms with van der Waals surface area (Å²) in [6.45, 7) is 4.86. The van der Waals surface area contributed by atoms with Gasteiger partial charge in [-0.05, 0) is 32.3 Å². The molecular formula is C20H26N2O3. The Bertz CT molecular complexity index is 769. The van der Waals surface area contributed by atoms with E-state index in [-0.39, 0.29) is 24.0 Å². The van der Waals surface area contributed by atoms with Crippen LogP contribution in [0.3, 0.4) is 0 Å². The van der Waals surface area contributed by atoms with E-state index in [1.807, 2.05) is 29.3 Å². The van der Waals surface area contributed by atoms with Crippen molar-refractivity contribution in [2.75, 3.05) is 19.8 Å². The maximum atomic E-state index is 13.3. The molecule has 1 N–H and O–H groups in total. The summed E-state index contributed by atoms with van der Waals surface area (Å²) < 4.78 is 7.72. The van der Waals surface area contributed by atoms with Crippen molar-refractivity contribution >= 4 is 16.8 Å². The highest BCUT2D eigenvalue weighted by molar-refractivity contribution is 6.07. The molecule has 2 saturated heterocycles. The van der Waals surface area contributed by atoms with E-state index in [2.05, 4.69) is 17.6 Å². The molecule has 3 heterocycles. The summed E-state index contributed by atoms with van der Waals surface area (Å²) in [5.41, 5.74) is 1.88. The van der Waals surface area contributed by atoms with Crippen molar-refractivity contribution in [1.82, 2.24) is 9.47 Å². The van der Waals surface area contributed by atoms with Crippen molar-refractivity contribution in [1.29, 1.82) is 0 Å². The molecule has 5 heteroatoms. The molecule has 0 radical (unpaired) electrons. The standard InChI is InChI=1S/C20H26N2O3/c1-2-21-12-15(14-6-3-4-7-17(14)21)20(24)22-10-5-8-18(22)16-13-25-11-9-19(16)23/h3-4,6-7,12,16,18-19,23H,2,5,8-11,13H2,1H3/t16-,18+,19+/m0/s1. The Kier molecular flexibility index (Phi) is 4.52. The van der Waals surface area contributed by atoms with Crippen LogP contribution in [0.2, 0.25) is 0 Å². The molecule has 0 saturated carbocycles. The fourth-order valence-corrected chi connectivity index (χ4v) is 4.44. The molecule has 5 nitrogen and oxygen atoms in total. The van der Waals surface area contributed by atoms with Crippen molar-refractivity contribution in [3.05, 3.63) is 36.0 Å². The first kappa shape index (κ1) is 16.6. The van der Waals surface area contributed by atoms with Crippen LogP contribution in [-0.2, 0) is 11.3 Å². The lowest BCUT2D eigenvalue weighted by Gasteiger charge is -2.37. The number of likely N-dealkylation sites (tertiary alicyclic amines) is 1. The van der Waals surface area contributed by atoms with Gasteiger partial charge in [0.1, 0.15) is 0 Å². The van der Waals surface area contributed by atoms with Crippen LogP contribution in [0.4, 0.5) is 0 Å². The predicted molar refractivity (Wildman–Crippen MR) is 96.6 cm³/mol. The first-order valence-electron chi connectivity index (χ1n) is 9.35. The third kappa shape index (κ3) is 2.85. The van der Waals surface area contributed by atoms with Crippen LogP contribution in [0.5, 0.6) is 0 Å². The molecule has 3 atom stereocenters. The van der Waals surface area contributed by atoms with Gasteiger partial charge in [-0.3, -0.25) is 4.79 Å². The third-order valence-corrected chi connectivity index (χ3v) is 5.78. The minimum Gasteiger partial charge on any atom is -0.393 e. The molecule has 1 aromatic carbocycles. The van der Waals surface area contributed by atoms with Crippen LogP contribution in [0.25, 0.3) is 10.9 Å². The zero-order valence-electron chi connectivity index (χ0n) is 14.7. The number of aliphatic hydroxyl groups excluding tert-OH is 1. The summed E-state index contributed by atoms with van der Waals surface area (Å²) in [7, 11) is 0. The summed E-state index contributed by atoms with van der Waals surface area (Å²) in [5, 5.41) is 11.4. The van der Waals surface area contributed by atoms with Gasteiger partial charge in [-0.15, -0.1) is 0 Å². The number of nitrogens with zero attached hydrogens (tertiary/aromatic N) is 2. The number of aromatic nitrogens is 1. The Labute approximate surface area is 148 Å². The maximum absolute atomic E-state index is 13.3. The summed E-state index contributed by atoms with van der Waals surface area (Å²) in [4.78, 5) is 15.3. The van der Waals surface area contributed by atoms with Gasteiger partial charge in [-0.25, -0.2) is 0 Å². The molecule has 134 valence electrons. The van der Waals surface area contributed by atoms with Crippen LogP contribution in [0.15, 0.2) is 30.5 Å². The largest absolute Gasteiger partial charge is 0.393 e. The van der Waals surface area contributed by atoms with E-state index in [9.17, 15) is 9.90 Å². The van der Waals surface area contributed by atoms with Gasteiger partial charge in [0.15, 0.2) is 0 Å². The Morgan fingerprint density at radius 3 is 2.96 bits per heavy atom. The number of carbonyl (C=O) groups is 1. The van der Waals surface area contributed by atoms with Gasteiger partial charge in [-0.1, -0.05) is 18.2 Å². The van der Waals surface area contributed by atoms with Crippen molar-refractivity contribution in [2.45, 2.75) is 44.9 Å². The Morgan fingerprint density at radius 1 is 1.32 bits per heavy atom. The number of rotatable bonds is 3. The second kappa shape index (κ2) is 6.81. The monoisotopic (exact) mass is 342 g/mol. The first-order valence-corrected chi connectivity index (χ1v) is 9.35. The number of aliphatic hydroxyl groups is 1. The van der Waals surface area contributed by atoms with E-state index in [4.69, 9.17) is 4.74 Å². The van der Waals surface area contributed by atoms with E-state index in [0.29, 0.717) is 19.6 Å². The number of fused-ring (bicyclic) bond motifs is 1. The van der Waals surface area contributed by atoms with E-state index >= 15 is 0 Å². The molecule has 2 aliphatic heterocycles. The zero-order chi connectivity index (χ0) is 17.4. The lowest BCUT2D eigenvalue weighted by Crippen LogP contribution is -2.48. The first-order chi connectivity index (χ1) is 12.2. The van der Waals surface area contributed by atoms with Crippen molar-refractivity contribution in [3.8, 4) is 0 Å². The van der Waals surface area contributed by atoms with Gasteiger partial charge < -0.3 is 19.3 Å². The van der Waals surface area contributed by atoms with Gasteiger partial charge in [0.05, 0.1) is 18.3 Å². The number of hydrogen-bond acceptors (Lipinski definition) is 3. The lowest BCUT2D eigenvalue weighted by molar-refractivity contribution is -0.0589. The number of carbonyl (C=O) groups excluding carboxylic acids is 1. The van der Waals surface area contributed by atoms with Gasteiger partial charge in [-0.2, -0.15) is 0 Å². The Morgan fingerprint density at radius 2 is 2.16 bits per heavy atom. The van der Waals surface area contributed by atoms with Crippen LogP contribution >= 0.6 is 0 Å². The minimum absolute atomic E-state index is 0.0275. The molecule has 2 aliphatic rings. The van der Waals surface area contributed by atoms with Gasteiger partial charge in [0.2, 0.25) is 0 Å². The smallest absolute Gasteiger partial charge is 0.256 e. The number of aryl methyl sites for hydroxylation is 1. The molecule has 2 fully saturated rings. The average Bonchev–Trinajstić information content (AvgIpc) is 3.26. The van der Waals surface area contributed by atoms with Gasteiger partial charge in [0, 0.05) is 48.8 Å². The minimum atomic E-state index is -0.371. The average molecular weight is 342 g/mol. The number of para-hydroxylation sites is 1. The summed E-state index contributed by atoms with van der Waals surface area (Å²) >= 11 is 0. The molecule has 0 unspecified atom stereocenters. The van der Waals surface area contributed by atoms with Crippen molar-refractivity contribution in [2.24, 2.45) is 5.92 Å².